The summed E-state index contributed by atoms with van der Waals surface area (Å²) in [5.41, 5.74) is 5.28. The van der Waals surface area contributed by atoms with Gasteiger partial charge in [-0.05, 0) is 6.42 Å². The minimum absolute atomic E-state index is 0.0250. The van der Waals surface area contributed by atoms with E-state index >= 15 is 0 Å². The molecule has 0 bridgehead atoms. The van der Waals surface area contributed by atoms with Gasteiger partial charge in [-0.3, -0.25) is 4.79 Å². The molecular formula is C8H14N2O2S. The average Bonchev–Trinajstić information content (AvgIpc) is 2.53. The summed E-state index contributed by atoms with van der Waals surface area (Å²) in [5, 5.41) is 0. The molecule has 1 aliphatic rings. The molecule has 0 aromatic rings. The molecule has 0 spiro atoms. The summed E-state index contributed by atoms with van der Waals surface area (Å²) in [5.74, 6) is -0.0250. The molecule has 5 heteroatoms. The Kier molecular flexibility index (Phi) is 3.62. The second-order valence-electron chi connectivity index (χ2n) is 3.17. The molecule has 1 saturated heterocycles. The molecule has 1 aliphatic heterocycles. The van der Waals surface area contributed by atoms with E-state index < -0.39 is 0 Å². The van der Waals surface area contributed by atoms with Crippen LogP contribution < -0.4 is 5.73 Å². The number of thiocarbonyl (C=S) groups is 1. The van der Waals surface area contributed by atoms with Crippen molar-refractivity contribution in [1.29, 1.82) is 0 Å². The predicted molar refractivity (Wildman–Crippen MR) is 53.4 cm³/mol. The first-order valence-corrected chi connectivity index (χ1v) is 4.64. The Hall–Kier alpha value is -0.680. The Labute approximate surface area is 83.0 Å². The zero-order chi connectivity index (χ0) is 9.84. The van der Waals surface area contributed by atoms with Gasteiger partial charge in [0.1, 0.15) is 0 Å². The molecule has 0 radical (unpaired) electrons. The number of nitrogens with zero attached hydrogens (tertiary/aromatic N) is 1. The van der Waals surface area contributed by atoms with Crippen molar-refractivity contribution in [2.75, 3.05) is 20.3 Å². The second-order valence-corrected chi connectivity index (χ2v) is 3.69. The van der Waals surface area contributed by atoms with Crippen LogP contribution >= 0.6 is 12.2 Å². The molecule has 2 N–H and O–H groups in total. The number of rotatable bonds is 3. The van der Waals surface area contributed by atoms with Crippen LogP contribution in [0.2, 0.25) is 0 Å². The van der Waals surface area contributed by atoms with Crippen molar-refractivity contribution in [3.05, 3.63) is 0 Å². The van der Waals surface area contributed by atoms with Crippen LogP contribution in [0, 0.1) is 0 Å². The van der Waals surface area contributed by atoms with E-state index in [-0.39, 0.29) is 23.4 Å². The number of nitrogens with two attached hydrogens (primary N) is 1. The van der Waals surface area contributed by atoms with Crippen molar-refractivity contribution in [2.45, 2.75) is 18.9 Å². The lowest BCUT2D eigenvalue weighted by molar-refractivity contribution is -0.130. The fourth-order valence-electron chi connectivity index (χ4n) is 1.30. The fourth-order valence-corrected chi connectivity index (χ4v) is 1.43. The topological polar surface area (TPSA) is 55.6 Å². The van der Waals surface area contributed by atoms with Crippen molar-refractivity contribution in [3.8, 4) is 0 Å². The van der Waals surface area contributed by atoms with E-state index in [1.165, 1.54) is 0 Å². The number of carbonyl (C=O) groups excluding carboxylic acids is 1. The van der Waals surface area contributed by atoms with Crippen LogP contribution in [-0.4, -0.2) is 42.1 Å². The van der Waals surface area contributed by atoms with Gasteiger partial charge >= 0.3 is 0 Å². The first-order chi connectivity index (χ1) is 6.11. The summed E-state index contributed by atoms with van der Waals surface area (Å²) in [4.78, 5) is 13.4. The van der Waals surface area contributed by atoms with Crippen LogP contribution in [0.5, 0.6) is 0 Å². The van der Waals surface area contributed by atoms with E-state index in [1.807, 2.05) is 0 Å². The van der Waals surface area contributed by atoms with E-state index in [0.717, 1.165) is 13.0 Å². The summed E-state index contributed by atoms with van der Waals surface area (Å²) in [7, 11) is 1.76. The Balaban J connectivity index is 2.41. The standard InChI is InChI=1S/C8H14N2O2S/c1-10(6-2-3-12-5-6)8(11)4-7(9)13/h6H,2-5H2,1H3,(H2,9,13). The van der Waals surface area contributed by atoms with Gasteiger partial charge in [0.15, 0.2) is 0 Å². The average molecular weight is 202 g/mol. The third-order valence-corrected chi connectivity index (χ3v) is 2.32. The summed E-state index contributed by atoms with van der Waals surface area (Å²) >= 11 is 4.66. The first kappa shape index (κ1) is 10.4. The highest BCUT2D eigenvalue weighted by Crippen LogP contribution is 2.11. The van der Waals surface area contributed by atoms with Crippen molar-refractivity contribution in [3.63, 3.8) is 0 Å². The van der Waals surface area contributed by atoms with Gasteiger partial charge in [-0.25, -0.2) is 0 Å². The zero-order valence-electron chi connectivity index (χ0n) is 7.66. The Morgan fingerprint density at radius 1 is 1.77 bits per heavy atom. The minimum Gasteiger partial charge on any atom is -0.393 e. The van der Waals surface area contributed by atoms with E-state index in [9.17, 15) is 4.79 Å². The van der Waals surface area contributed by atoms with Crippen molar-refractivity contribution >= 4 is 23.1 Å². The lowest BCUT2D eigenvalue weighted by atomic mass is 10.2. The summed E-state index contributed by atoms with van der Waals surface area (Å²) in [6, 6.07) is 0.196. The molecule has 0 aromatic carbocycles. The van der Waals surface area contributed by atoms with Gasteiger partial charge in [-0.1, -0.05) is 12.2 Å². The largest absolute Gasteiger partial charge is 0.393 e. The molecular weight excluding hydrogens is 188 g/mol. The van der Waals surface area contributed by atoms with Crippen LogP contribution in [0.1, 0.15) is 12.8 Å². The van der Waals surface area contributed by atoms with Crippen molar-refractivity contribution in [2.24, 2.45) is 5.73 Å². The molecule has 0 aromatic heterocycles. The predicted octanol–water partition coefficient (Wildman–Crippen LogP) is -0.0901. The van der Waals surface area contributed by atoms with Crippen LogP contribution in [0.3, 0.4) is 0 Å². The number of amides is 1. The zero-order valence-corrected chi connectivity index (χ0v) is 8.47. The quantitative estimate of drug-likeness (QED) is 0.650. The van der Waals surface area contributed by atoms with E-state index in [1.54, 1.807) is 11.9 Å². The van der Waals surface area contributed by atoms with Crippen LogP contribution in [0.15, 0.2) is 0 Å². The highest BCUT2D eigenvalue weighted by molar-refractivity contribution is 7.80. The van der Waals surface area contributed by atoms with Gasteiger partial charge in [-0.15, -0.1) is 0 Å². The van der Waals surface area contributed by atoms with Gasteiger partial charge in [-0.2, -0.15) is 0 Å². The van der Waals surface area contributed by atoms with E-state index in [0.29, 0.717) is 6.61 Å². The van der Waals surface area contributed by atoms with Gasteiger partial charge in [0, 0.05) is 13.7 Å². The summed E-state index contributed by atoms with van der Waals surface area (Å²) < 4.78 is 5.18. The van der Waals surface area contributed by atoms with Crippen LogP contribution in [0.25, 0.3) is 0 Å². The highest BCUT2D eigenvalue weighted by Gasteiger charge is 2.23. The Morgan fingerprint density at radius 3 is 2.92 bits per heavy atom. The van der Waals surface area contributed by atoms with E-state index in [4.69, 9.17) is 10.5 Å². The summed E-state index contributed by atoms with van der Waals surface area (Å²) in [6.07, 6.45) is 1.06. The number of carbonyl (C=O) groups is 1. The molecule has 1 unspecified atom stereocenters. The molecule has 1 amide bonds. The van der Waals surface area contributed by atoms with E-state index in [2.05, 4.69) is 12.2 Å². The Bertz CT molecular complexity index is 214. The molecule has 74 valence electrons. The smallest absolute Gasteiger partial charge is 0.229 e. The molecule has 0 saturated carbocycles. The maximum absolute atomic E-state index is 11.4. The van der Waals surface area contributed by atoms with Crippen molar-refractivity contribution in [1.82, 2.24) is 4.90 Å². The molecule has 1 fully saturated rings. The summed E-state index contributed by atoms with van der Waals surface area (Å²) in [6.45, 7) is 1.36. The maximum Gasteiger partial charge on any atom is 0.229 e. The molecule has 1 rings (SSSR count). The molecule has 1 heterocycles. The molecule has 4 nitrogen and oxygen atoms in total. The lowest BCUT2D eigenvalue weighted by Crippen LogP contribution is -2.38. The maximum atomic E-state index is 11.4. The third-order valence-electron chi connectivity index (χ3n) is 2.17. The fraction of sp³-hybridized carbons (Fsp3) is 0.750. The molecule has 13 heavy (non-hydrogen) atoms. The number of hydrogen-bond donors (Lipinski definition) is 1. The molecule has 1 atom stereocenters. The normalized spacial score (nSPS) is 21.5. The second kappa shape index (κ2) is 4.53. The third kappa shape index (κ3) is 2.93. The van der Waals surface area contributed by atoms with Gasteiger partial charge < -0.3 is 15.4 Å². The number of hydrogen-bond acceptors (Lipinski definition) is 3. The first-order valence-electron chi connectivity index (χ1n) is 4.23. The van der Waals surface area contributed by atoms with Crippen LogP contribution in [-0.2, 0) is 9.53 Å². The van der Waals surface area contributed by atoms with Gasteiger partial charge in [0.2, 0.25) is 5.91 Å². The number of likely N-dealkylation sites (N-methyl/N-ethyl adjacent to an activating group) is 1. The minimum atomic E-state index is -0.0250. The number of ether oxygens (including phenoxy) is 1. The van der Waals surface area contributed by atoms with Crippen molar-refractivity contribution < 1.29 is 9.53 Å². The van der Waals surface area contributed by atoms with Gasteiger partial charge in [0.05, 0.1) is 24.1 Å². The Morgan fingerprint density at radius 2 is 2.46 bits per heavy atom. The lowest BCUT2D eigenvalue weighted by Gasteiger charge is -2.22. The van der Waals surface area contributed by atoms with Crippen LogP contribution in [0.4, 0.5) is 0 Å². The SMILES string of the molecule is CN(C(=O)CC(N)=S)C1CCOC1. The van der Waals surface area contributed by atoms with Gasteiger partial charge in [0.25, 0.3) is 0 Å². The molecule has 0 aliphatic carbocycles. The highest BCUT2D eigenvalue weighted by atomic mass is 32.1. The monoisotopic (exact) mass is 202 g/mol.